The molecule has 1 heterocycles. The van der Waals surface area contributed by atoms with E-state index in [0.29, 0.717) is 38.8 Å². The first kappa shape index (κ1) is 72.2. The Morgan fingerprint density at radius 3 is 1.60 bits per heavy atom. The maximum atomic E-state index is 13.1. The zero-order chi connectivity index (χ0) is 64.1. The number of carbonyl (C=O) groups excluding carboxylic acids is 2. The van der Waals surface area contributed by atoms with Gasteiger partial charge < -0.3 is 72.0 Å². The van der Waals surface area contributed by atoms with Gasteiger partial charge in [-0.1, -0.05) is 133 Å². The molecule has 0 saturated carbocycles. The van der Waals surface area contributed by atoms with Gasteiger partial charge in [0.1, 0.15) is 34.0 Å². The Morgan fingerprint density at radius 1 is 0.522 bits per heavy atom. The Bertz CT molecular complexity index is 3200. The molecule has 20 heteroatoms. The van der Waals surface area contributed by atoms with E-state index in [9.17, 15) is 14.7 Å². The second-order valence-corrected chi connectivity index (χ2v) is 28.8. The standard InChI is InChI=1S/C72H89NO16S2Si/c1-77-33-37-90-35-9-39-92(40-10-36-91-38-34-79-47-81-49-83-51-85-53-87-55-88-54-86-52-84-50-82-48-80-46-78-2)70-42-63(28-30-67(70)68-31-29-64(43-71(68)92)60-24-20-57(44-74)21-25-60)59-22-18-56(19-23-59)11-7-15-65(75)16-8-32-73-72(76)45-89-69-41-62-14-4-3-12-58(62)26-27-61-13-5-6-17-66(61)69/h3-6,12-14,17-25,28-31,42-43,69,74H,7-11,15-16,32-41,44-55H2,1-2H3,(H,73,76). The van der Waals surface area contributed by atoms with E-state index in [1.54, 1.807) is 7.11 Å². The first-order valence-electron chi connectivity index (χ1n) is 31.5. The van der Waals surface area contributed by atoms with Gasteiger partial charge in [0.2, 0.25) is 5.91 Å². The van der Waals surface area contributed by atoms with Crippen molar-refractivity contribution in [2.24, 2.45) is 0 Å². The average molecular weight is 1320 g/mol. The fourth-order valence-electron chi connectivity index (χ4n) is 11.2. The number of methoxy groups -OCH3 is 2. The first-order valence-corrected chi connectivity index (χ1v) is 36.2. The molecule has 0 spiro atoms. The van der Waals surface area contributed by atoms with Gasteiger partial charge in [-0.25, -0.2) is 0 Å². The van der Waals surface area contributed by atoms with Crippen LogP contribution in [0.4, 0.5) is 0 Å². The largest absolute Gasteiger partial charge is 0.392 e. The summed E-state index contributed by atoms with van der Waals surface area (Å²) in [5, 5.41) is 15.8. The highest BCUT2D eigenvalue weighted by atomic mass is 32.2. The van der Waals surface area contributed by atoms with E-state index in [-0.39, 0.29) is 98.9 Å². The van der Waals surface area contributed by atoms with Crippen LogP contribution in [0.3, 0.4) is 0 Å². The van der Waals surface area contributed by atoms with E-state index in [1.165, 1.54) is 50.9 Å². The number of rotatable bonds is 48. The molecule has 6 aromatic carbocycles. The van der Waals surface area contributed by atoms with Gasteiger partial charge in [-0.15, -0.1) is 0 Å². The number of hydrogen-bond acceptors (Lipinski definition) is 18. The van der Waals surface area contributed by atoms with E-state index < -0.39 is 8.07 Å². The Labute approximate surface area is 552 Å². The molecule has 0 bridgehead atoms. The molecular formula is C72H89NO16S2Si. The number of aryl methyl sites for hydroxylation is 1. The van der Waals surface area contributed by atoms with E-state index in [2.05, 4.69) is 96.0 Å². The molecule has 0 fully saturated rings. The Morgan fingerprint density at radius 2 is 1.02 bits per heavy atom. The highest BCUT2D eigenvalue weighted by Gasteiger charge is 2.45. The molecule has 2 N–H and O–H groups in total. The van der Waals surface area contributed by atoms with Crippen molar-refractivity contribution >= 4 is 53.7 Å². The van der Waals surface area contributed by atoms with Crippen molar-refractivity contribution in [2.45, 2.75) is 76.2 Å². The van der Waals surface area contributed by atoms with Gasteiger partial charge in [-0.05, 0) is 134 Å². The van der Waals surface area contributed by atoms with E-state index in [0.717, 1.165) is 101 Å². The highest BCUT2D eigenvalue weighted by molar-refractivity contribution is 7.99. The first-order chi connectivity index (χ1) is 45.4. The lowest BCUT2D eigenvalue weighted by Crippen LogP contribution is -2.55. The molecule has 494 valence electrons. The third-order valence-electron chi connectivity index (χ3n) is 15.8. The van der Waals surface area contributed by atoms with Crippen LogP contribution in [-0.4, -0.2) is 156 Å². The number of Topliss-reactive ketones (excluding diaryl/α,β-unsaturated/α-hetero) is 1. The second-order valence-electron chi connectivity index (χ2n) is 22.1. The molecule has 1 aliphatic carbocycles. The smallest absolute Gasteiger partial charge is 0.246 e. The minimum Gasteiger partial charge on any atom is -0.392 e. The number of benzene rings is 6. The minimum absolute atomic E-state index is 0.0103. The Kier molecular flexibility index (Phi) is 32.9. The summed E-state index contributed by atoms with van der Waals surface area (Å²) in [6.45, 7) is 1.89. The van der Waals surface area contributed by atoms with Crippen LogP contribution in [0.25, 0.3) is 33.4 Å². The summed E-state index contributed by atoms with van der Waals surface area (Å²) in [6.07, 6.45) is 5.58. The lowest BCUT2D eigenvalue weighted by molar-refractivity contribution is -0.231. The van der Waals surface area contributed by atoms with Crippen molar-refractivity contribution in [3.63, 3.8) is 0 Å². The molecule has 6 aromatic rings. The lowest BCUT2D eigenvalue weighted by Gasteiger charge is -2.31. The van der Waals surface area contributed by atoms with Crippen LogP contribution < -0.4 is 15.7 Å². The number of fused-ring (bicyclic) bond motifs is 5. The summed E-state index contributed by atoms with van der Waals surface area (Å²) in [4.78, 5) is 26.0. The molecule has 2 atom stereocenters. The zero-order valence-electron chi connectivity index (χ0n) is 53.2. The van der Waals surface area contributed by atoms with Gasteiger partial charge in [0.25, 0.3) is 0 Å². The van der Waals surface area contributed by atoms with E-state index in [4.69, 9.17) is 61.6 Å². The van der Waals surface area contributed by atoms with E-state index >= 15 is 0 Å². The number of thioether (sulfide) groups is 2. The summed E-state index contributed by atoms with van der Waals surface area (Å²) in [5.74, 6) is 10.5. The summed E-state index contributed by atoms with van der Waals surface area (Å²) in [7, 11) is 0.925. The number of ether oxygens (including phenoxy) is 13. The van der Waals surface area contributed by atoms with Crippen LogP contribution in [0.15, 0.2) is 133 Å². The number of carbonyl (C=O) groups is 2. The van der Waals surface area contributed by atoms with Gasteiger partial charge >= 0.3 is 0 Å². The molecule has 2 aliphatic rings. The van der Waals surface area contributed by atoms with Gasteiger partial charge in [0, 0.05) is 62.7 Å². The average Bonchev–Trinajstić information content (AvgIpc) is 1.57. The van der Waals surface area contributed by atoms with Crippen molar-refractivity contribution in [2.75, 3.05) is 132 Å². The molecule has 17 nitrogen and oxygen atoms in total. The van der Waals surface area contributed by atoms with Gasteiger partial charge in [0.05, 0.1) is 25.9 Å². The normalized spacial score (nSPS) is 14.6. The third kappa shape index (κ3) is 23.7. The van der Waals surface area contributed by atoms with Crippen LogP contribution in [0.5, 0.6) is 0 Å². The van der Waals surface area contributed by atoms with Crippen LogP contribution in [0, 0.1) is 11.8 Å². The van der Waals surface area contributed by atoms with Gasteiger partial charge in [0.15, 0.2) is 54.3 Å². The second kappa shape index (κ2) is 41.9. The fourth-order valence-corrected chi connectivity index (χ4v) is 18.9. The monoisotopic (exact) mass is 1320 g/mol. The predicted octanol–water partition coefficient (Wildman–Crippen LogP) is 10.8. The minimum atomic E-state index is -2.37. The molecule has 92 heavy (non-hydrogen) atoms. The predicted molar refractivity (Wildman–Crippen MR) is 362 cm³/mol. The molecule has 0 saturated heterocycles. The summed E-state index contributed by atoms with van der Waals surface area (Å²) < 4.78 is 69.0. The molecule has 2 unspecified atom stereocenters. The number of aliphatic hydroxyl groups is 1. The van der Waals surface area contributed by atoms with E-state index in [1.807, 2.05) is 78.1 Å². The topological polar surface area (TPSA) is 186 Å². The van der Waals surface area contributed by atoms with Gasteiger partial charge in [-0.2, -0.15) is 23.5 Å². The SMILES string of the molecule is COCCSCCC[Si]1(CCCSCCOCOCOCOCOCOCOCOCOCOCOC)c2cc(-c3ccc(CO)cc3)ccc2-c2ccc(-c3ccc(CCCC(=O)CCCNC(=O)COC4Cc5ccccc5C#Cc5ccccc54)cc3)cc21. The lowest BCUT2D eigenvalue weighted by atomic mass is 9.92. The highest BCUT2D eigenvalue weighted by Crippen LogP contribution is 2.39. The number of hydrogen-bond donors (Lipinski definition) is 2. The molecule has 0 aromatic heterocycles. The number of amides is 1. The maximum absolute atomic E-state index is 13.1. The van der Waals surface area contributed by atoms with Crippen LogP contribution >= 0.6 is 23.5 Å². The summed E-state index contributed by atoms with van der Waals surface area (Å²) >= 11 is 3.88. The van der Waals surface area contributed by atoms with Crippen molar-refractivity contribution in [3.8, 4) is 45.2 Å². The van der Waals surface area contributed by atoms with Crippen molar-refractivity contribution < 1.29 is 76.3 Å². The van der Waals surface area contributed by atoms with Crippen molar-refractivity contribution in [1.82, 2.24) is 5.32 Å². The summed E-state index contributed by atoms with van der Waals surface area (Å²) in [5.41, 5.74) is 13.5. The zero-order valence-corrected chi connectivity index (χ0v) is 55.8. The Balaban J connectivity index is 0.786. The van der Waals surface area contributed by atoms with Crippen molar-refractivity contribution in [3.05, 3.63) is 167 Å². The Hall–Kier alpha value is -5.62. The van der Waals surface area contributed by atoms with Crippen LogP contribution in [0.1, 0.15) is 78.0 Å². The fraction of sp³-hybridized carbons (Fsp3) is 0.444. The summed E-state index contributed by atoms with van der Waals surface area (Å²) in [6, 6.07) is 49.8. The third-order valence-corrected chi connectivity index (χ3v) is 23.1. The van der Waals surface area contributed by atoms with Crippen molar-refractivity contribution in [1.29, 1.82) is 0 Å². The van der Waals surface area contributed by atoms with Crippen LogP contribution in [0.2, 0.25) is 12.1 Å². The molecular weight excluding hydrogens is 1230 g/mol. The molecule has 1 aliphatic heterocycles. The van der Waals surface area contributed by atoms with Crippen LogP contribution in [-0.2, 0) is 90.6 Å². The van der Waals surface area contributed by atoms with Gasteiger partial charge in [-0.3, -0.25) is 9.59 Å². The number of aliphatic hydroxyl groups excluding tert-OH is 1. The number of nitrogens with one attached hydrogen (secondary N) is 1. The number of ketones is 1. The molecule has 8 rings (SSSR count). The molecule has 0 radical (unpaired) electrons. The molecule has 1 amide bonds. The quantitative estimate of drug-likeness (QED) is 0.0159. The maximum Gasteiger partial charge on any atom is 0.246 e.